The smallest absolute Gasteiger partial charge is 0.196 e. The number of hydrogen-bond acceptors (Lipinski definition) is 2. The van der Waals surface area contributed by atoms with E-state index in [0.29, 0.717) is 6.61 Å². The average molecular weight is 194 g/mol. The normalized spacial score (nSPS) is 12.6. The van der Waals surface area contributed by atoms with Gasteiger partial charge in [0.05, 0.1) is 0 Å². The second-order valence-electron chi connectivity index (χ2n) is 3.46. The Hall–Kier alpha value is -1.02. The van der Waals surface area contributed by atoms with E-state index in [1.807, 2.05) is 26.0 Å². The molecule has 0 radical (unpaired) electrons. The van der Waals surface area contributed by atoms with Gasteiger partial charge in [-0.1, -0.05) is 6.07 Å². The van der Waals surface area contributed by atoms with E-state index < -0.39 is 0 Å². The van der Waals surface area contributed by atoms with E-state index in [1.54, 1.807) is 0 Å². The summed E-state index contributed by atoms with van der Waals surface area (Å²) < 4.78 is 10.9. The van der Waals surface area contributed by atoms with Crippen LogP contribution in [0.25, 0.3) is 0 Å². The SMILES string of the molecule is CCOC(C)Oc1cc(C)cc(C)c1. The molecular weight excluding hydrogens is 176 g/mol. The van der Waals surface area contributed by atoms with Crippen LogP contribution in [-0.4, -0.2) is 12.9 Å². The zero-order valence-electron chi connectivity index (χ0n) is 9.33. The molecule has 0 N–H and O–H groups in total. The van der Waals surface area contributed by atoms with E-state index in [9.17, 15) is 0 Å². The zero-order valence-corrected chi connectivity index (χ0v) is 9.33. The molecule has 0 bridgehead atoms. The van der Waals surface area contributed by atoms with Crippen molar-refractivity contribution in [2.24, 2.45) is 0 Å². The summed E-state index contributed by atoms with van der Waals surface area (Å²) in [4.78, 5) is 0. The number of aryl methyl sites for hydroxylation is 2. The van der Waals surface area contributed by atoms with E-state index in [2.05, 4.69) is 19.9 Å². The first kappa shape index (κ1) is 11.1. The van der Waals surface area contributed by atoms with Crippen LogP contribution in [0.3, 0.4) is 0 Å². The third-order valence-electron chi connectivity index (χ3n) is 1.90. The first-order chi connectivity index (χ1) is 6.61. The summed E-state index contributed by atoms with van der Waals surface area (Å²) in [7, 11) is 0. The lowest BCUT2D eigenvalue weighted by Gasteiger charge is -2.15. The maximum atomic E-state index is 5.59. The lowest BCUT2D eigenvalue weighted by molar-refractivity contribution is -0.0613. The fraction of sp³-hybridized carbons (Fsp3) is 0.500. The highest BCUT2D eigenvalue weighted by Gasteiger charge is 2.03. The largest absolute Gasteiger partial charge is 0.465 e. The molecule has 1 atom stereocenters. The van der Waals surface area contributed by atoms with Gasteiger partial charge in [0.25, 0.3) is 0 Å². The van der Waals surface area contributed by atoms with Gasteiger partial charge in [0.1, 0.15) is 5.75 Å². The Morgan fingerprint density at radius 3 is 2.21 bits per heavy atom. The molecule has 0 aliphatic heterocycles. The van der Waals surface area contributed by atoms with Crippen LogP contribution < -0.4 is 4.74 Å². The summed E-state index contributed by atoms with van der Waals surface area (Å²) in [5.41, 5.74) is 2.42. The molecule has 1 rings (SSSR count). The van der Waals surface area contributed by atoms with Crippen LogP contribution in [0.5, 0.6) is 5.75 Å². The highest BCUT2D eigenvalue weighted by molar-refractivity contribution is 5.32. The second kappa shape index (κ2) is 5.01. The molecule has 78 valence electrons. The Morgan fingerprint density at radius 2 is 1.71 bits per heavy atom. The molecule has 0 aliphatic carbocycles. The van der Waals surface area contributed by atoms with Gasteiger partial charge in [-0.05, 0) is 51.0 Å². The van der Waals surface area contributed by atoms with Crippen LogP contribution in [0, 0.1) is 13.8 Å². The van der Waals surface area contributed by atoms with Crippen molar-refractivity contribution in [1.82, 2.24) is 0 Å². The van der Waals surface area contributed by atoms with Crippen LogP contribution in [0.15, 0.2) is 18.2 Å². The van der Waals surface area contributed by atoms with E-state index in [4.69, 9.17) is 9.47 Å². The Morgan fingerprint density at radius 1 is 1.14 bits per heavy atom. The Kier molecular flexibility index (Phi) is 3.96. The Balaban J connectivity index is 2.66. The van der Waals surface area contributed by atoms with Crippen LogP contribution in [0.2, 0.25) is 0 Å². The van der Waals surface area contributed by atoms with Crippen LogP contribution >= 0.6 is 0 Å². The fourth-order valence-electron chi connectivity index (χ4n) is 1.46. The summed E-state index contributed by atoms with van der Waals surface area (Å²) in [6.45, 7) is 8.66. The molecule has 0 fully saturated rings. The minimum Gasteiger partial charge on any atom is -0.465 e. The molecule has 0 amide bonds. The number of rotatable bonds is 4. The predicted molar refractivity (Wildman–Crippen MR) is 57.6 cm³/mol. The second-order valence-corrected chi connectivity index (χ2v) is 3.46. The maximum Gasteiger partial charge on any atom is 0.196 e. The van der Waals surface area contributed by atoms with Crippen LogP contribution in [0.1, 0.15) is 25.0 Å². The van der Waals surface area contributed by atoms with Crippen molar-refractivity contribution in [2.45, 2.75) is 34.0 Å². The van der Waals surface area contributed by atoms with Gasteiger partial charge in [-0.3, -0.25) is 0 Å². The molecular formula is C12H18O2. The van der Waals surface area contributed by atoms with Crippen molar-refractivity contribution >= 4 is 0 Å². The molecule has 0 spiro atoms. The third-order valence-corrected chi connectivity index (χ3v) is 1.90. The lowest BCUT2D eigenvalue weighted by atomic mass is 10.1. The van der Waals surface area contributed by atoms with Crippen LogP contribution in [0.4, 0.5) is 0 Å². The highest BCUT2D eigenvalue weighted by atomic mass is 16.7. The van der Waals surface area contributed by atoms with Gasteiger partial charge in [-0.2, -0.15) is 0 Å². The lowest BCUT2D eigenvalue weighted by Crippen LogP contribution is -2.15. The van der Waals surface area contributed by atoms with Gasteiger partial charge >= 0.3 is 0 Å². The van der Waals surface area contributed by atoms with Crippen molar-refractivity contribution in [3.8, 4) is 5.75 Å². The molecule has 0 aliphatic rings. The molecule has 0 aromatic heterocycles. The number of hydrogen-bond donors (Lipinski definition) is 0. The average Bonchev–Trinajstić information content (AvgIpc) is 2.01. The van der Waals surface area contributed by atoms with E-state index in [1.165, 1.54) is 11.1 Å². The van der Waals surface area contributed by atoms with Gasteiger partial charge in [0.2, 0.25) is 0 Å². The Bertz CT molecular complexity index is 274. The predicted octanol–water partition coefficient (Wildman–Crippen LogP) is 3.06. The van der Waals surface area contributed by atoms with Crippen molar-refractivity contribution in [3.05, 3.63) is 29.3 Å². The molecule has 1 unspecified atom stereocenters. The van der Waals surface area contributed by atoms with Crippen molar-refractivity contribution < 1.29 is 9.47 Å². The zero-order chi connectivity index (χ0) is 10.6. The fourth-order valence-corrected chi connectivity index (χ4v) is 1.46. The van der Waals surface area contributed by atoms with Gasteiger partial charge in [-0.25, -0.2) is 0 Å². The summed E-state index contributed by atoms with van der Waals surface area (Å²) in [5, 5.41) is 0. The first-order valence-electron chi connectivity index (χ1n) is 4.98. The van der Waals surface area contributed by atoms with Crippen molar-refractivity contribution in [3.63, 3.8) is 0 Å². The molecule has 1 aromatic carbocycles. The number of ether oxygens (including phenoxy) is 2. The van der Waals surface area contributed by atoms with E-state index in [0.717, 1.165) is 5.75 Å². The summed E-state index contributed by atoms with van der Waals surface area (Å²) in [6, 6.07) is 6.16. The molecule has 2 heteroatoms. The van der Waals surface area contributed by atoms with E-state index >= 15 is 0 Å². The minimum atomic E-state index is -0.179. The molecule has 14 heavy (non-hydrogen) atoms. The topological polar surface area (TPSA) is 18.5 Å². The monoisotopic (exact) mass is 194 g/mol. The number of benzene rings is 1. The third kappa shape index (κ3) is 3.38. The van der Waals surface area contributed by atoms with Crippen molar-refractivity contribution in [2.75, 3.05) is 6.61 Å². The summed E-state index contributed by atoms with van der Waals surface area (Å²) >= 11 is 0. The van der Waals surface area contributed by atoms with Crippen LogP contribution in [-0.2, 0) is 4.74 Å². The summed E-state index contributed by atoms with van der Waals surface area (Å²) in [5.74, 6) is 0.878. The van der Waals surface area contributed by atoms with E-state index in [-0.39, 0.29) is 6.29 Å². The molecule has 0 saturated heterocycles. The van der Waals surface area contributed by atoms with Gasteiger partial charge in [0, 0.05) is 6.61 Å². The van der Waals surface area contributed by atoms with Gasteiger partial charge in [0.15, 0.2) is 6.29 Å². The van der Waals surface area contributed by atoms with Crippen molar-refractivity contribution in [1.29, 1.82) is 0 Å². The highest BCUT2D eigenvalue weighted by Crippen LogP contribution is 2.17. The molecule has 0 saturated carbocycles. The summed E-state index contributed by atoms with van der Waals surface area (Å²) in [6.07, 6.45) is -0.179. The Labute approximate surface area is 85.8 Å². The molecule has 1 aromatic rings. The van der Waals surface area contributed by atoms with Gasteiger partial charge < -0.3 is 9.47 Å². The minimum absolute atomic E-state index is 0.179. The molecule has 2 nitrogen and oxygen atoms in total. The quantitative estimate of drug-likeness (QED) is 0.686. The molecule has 0 heterocycles. The maximum absolute atomic E-state index is 5.59. The first-order valence-corrected chi connectivity index (χ1v) is 4.98. The van der Waals surface area contributed by atoms with Gasteiger partial charge in [-0.15, -0.1) is 0 Å². The standard InChI is InChI=1S/C12H18O2/c1-5-13-11(4)14-12-7-9(2)6-10(3)8-12/h6-8,11H,5H2,1-4H3.